The summed E-state index contributed by atoms with van der Waals surface area (Å²) in [6.45, 7) is -0.337. The molecular weight excluding hydrogens is 420 g/mol. The van der Waals surface area contributed by atoms with Gasteiger partial charge >= 0.3 is 11.9 Å². The van der Waals surface area contributed by atoms with E-state index in [0.717, 1.165) is 0 Å². The van der Waals surface area contributed by atoms with Crippen LogP contribution in [0.3, 0.4) is 0 Å². The summed E-state index contributed by atoms with van der Waals surface area (Å²) in [5, 5.41) is 21.6. The molecule has 0 fully saturated rings. The Balaban J connectivity index is 1.94. The summed E-state index contributed by atoms with van der Waals surface area (Å²) >= 11 is 0. The third-order valence-electron chi connectivity index (χ3n) is 4.73. The average molecular weight is 442 g/mol. The topological polar surface area (TPSA) is 135 Å². The van der Waals surface area contributed by atoms with E-state index in [0.29, 0.717) is 11.5 Å². The largest absolute Gasteiger partial charge is 0.493 e. The maximum Gasteiger partial charge on any atom is 0.337 e. The molecule has 1 amide bonds. The van der Waals surface area contributed by atoms with Crippen LogP contribution in [0, 0.1) is 0 Å². The lowest BCUT2D eigenvalue weighted by atomic mass is 10.1. The van der Waals surface area contributed by atoms with Gasteiger partial charge in [0.25, 0.3) is 5.91 Å². The van der Waals surface area contributed by atoms with Crippen molar-refractivity contribution in [2.75, 3.05) is 39.2 Å². The number of esters is 1. The van der Waals surface area contributed by atoms with Gasteiger partial charge in [-0.1, -0.05) is 12.1 Å². The van der Waals surface area contributed by atoms with E-state index in [2.05, 4.69) is 5.32 Å². The van der Waals surface area contributed by atoms with Crippen LogP contribution in [-0.4, -0.2) is 66.9 Å². The van der Waals surface area contributed by atoms with Gasteiger partial charge in [0.15, 0.2) is 11.5 Å². The number of β-amino-alcohol motifs (C(OH)–C–C–N with tert-alkyl or cyclic N) is 1. The molecule has 3 N–H and O–H groups in total. The van der Waals surface area contributed by atoms with Crippen molar-refractivity contribution in [2.24, 2.45) is 0 Å². The average Bonchev–Trinajstić information content (AvgIpc) is 3.10. The fourth-order valence-corrected chi connectivity index (χ4v) is 3.19. The third-order valence-corrected chi connectivity index (χ3v) is 4.73. The molecule has 0 radical (unpaired) electrons. The van der Waals surface area contributed by atoms with Crippen molar-refractivity contribution in [3.05, 3.63) is 59.3 Å². The summed E-state index contributed by atoms with van der Waals surface area (Å²) < 4.78 is 15.7. The van der Waals surface area contributed by atoms with Gasteiger partial charge in [0.1, 0.15) is 11.4 Å². The molecule has 0 saturated heterocycles. The molecule has 10 nitrogen and oxygen atoms in total. The van der Waals surface area contributed by atoms with E-state index in [-0.39, 0.29) is 48.0 Å². The highest BCUT2D eigenvalue weighted by Gasteiger charge is 2.35. The molecule has 32 heavy (non-hydrogen) atoms. The Morgan fingerprint density at radius 1 is 1.12 bits per heavy atom. The van der Waals surface area contributed by atoms with Gasteiger partial charge in [-0.25, -0.2) is 9.59 Å². The zero-order chi connectivity index (χ0) is 23.3. The van der Waals surface area contributed by atoms with Gasteiger partial charge in [0, 0.05) is 6.54 Å². The smallest absolute Gasteiger partial charge is 0.337 e. The normalized spacial score (nSPS) is 13.2. The second-order valence-corrected chi connectivity index (χ2v) is 6.69. The van der Waals surface area contributed by atoms with Gasteiger partial charge < -0.3 is 34.6 Å². The lowest BCUT2D eigenvalue weighted by Crippen LogP contribution is -2.31. The van der Waals surface area contributed by atoms with Crippen molar-refractivity contribution in [3.8, 4) is 17.2 Å². The minimum atomic E-state index is -1.27. The van der Waals surface area contributed by atoms with Crippen LogP contribution in [0.1, 0.15) is 10.4 Å². The molecular formula is C22H22N2O8. The fraction of sp³-hybridized carbons (Fsp3) is 0.227. The molecule has 1 aliphatic rings. The molecule has 10 heteroatoms. The molecule has 168 valence electrons. The first-order valence-electron chi connectivity index (χ1n) is 9.56. The number of amides is 1. The van der Waals surface area contributed by atoms with E-state index in [4.69, 9.17) is 19.3 Å². The summed E-state index contributed by atoms with van der Waals surface area (Å²) in [7, 11) is 2.67. The van der Waals surface area contributed by atoms with Crippen molar-refractivity contribution < 1.29 is 38.8 Å². The van der Waals surface area contributed by atoms with Gasteiger partial charge in [-0.15, -0.1) is 0 Å². The number of rotatable bonds is 9. The Morgan fingerprint density at radius 2 is 1.84 bits per heavy atom. The van der Waals surface area contributed by atoms with Crippen LogP contribution < -0.4 is 14.8 Å². The van der Waals surface area contributed by atoms with Crippen LogP contribution in [0.5, 0.6) is 17.2 Å². The number of aliphatic hydroxyl groups excluding tert-OH is 1. The zero-order valence-electron chi connectivity index (χ0n) is 17.5. The number of nitrogens with zero attached hydrogens (tertiary/aromatic N) is 1. The minimum absolute atomic E-state index is 0.0159. The van der Waals surface area contributed by atoms with Crippen LogP contribution in [0.25, 0.3) is 0 Å². The first-order valence-corrected chi connectivity index (χ1v) is 9.56. The number of anilines is 1. The van der Waals surface area contributed by atoms with Gasteiger partial charge in [0.05, 0.1) is 44.2 Å². The van der Waals surface area contributed by atoms with Gasteiger partial charge in [-0.2, -0.15) is 0 Å². The number of carbonyl (C=O) groups is 3. The summed E-state index contributed by atoms with van der Waals surface area (Å²) in [6, 6.07) is 11.1. The highest BCUT2D eigenvalue weighted by Crippen LogP contribution is 2.33. The van der Waals surface area contributed by atoms with E-state index in [1.54, 1.807) is 24.3 Å². The van der Waals surface area contributed by atoms with Gasteiger partial charge in [0.2, 0.25) is 0 Å². The highest BCUT2D eigenvalue weighted by molar-refractivity contribution is 6.09. The van der Waals surface area contributed by atoms with Crippen LogP contribution in [-0.2, 0) is 14.3 Å². The molecule has 2 aromatic carbocycles. The number of nitrogens with one attached hydrogen (secondary N) is 1. The Hall–Kier alpha value is -4.05. The minimum Gasteiger partial charge on any atom is -0.493 e. The Morgan fingerprint density at radius 3 is 2.47 bits per heavy atom. The molecule has 0 atom stereocenters. The van der Waals surface area contributed by atoms with E-state index in [1.807, 2.05) is 0 Å². The summed E-state index contributed by atoms with van der Waals surface area (Å²) in [5.74, 6) is -1.44. The molecule has 0 aliphatic carbocycles. The Bertz CT molecular complexity index is 1080. The fourth-order valence-electron chi connectivity index (χ4n) is 3.19. The number of carboxylic acids is 1. The van der Waals surface area contributed by atoms with Gasteiger partial charge in [-0.3, -0.25) is 4.79 Å². The molecule has 0 spiro atoms. The number of hydrogen-bond acceptors (Lipinski definition) is 8. The number of hydrogen-bond donors (Lipinski definition) is 3. The lowest BCUT2D eigenvalue weighted by Gasteiger charge is -2.16. The van der Waals surface area contributed by atoms with Crippen molar-refractivity contribution in [2.45, 2.75) is 0 Å². The number of carbonyl (C=O) groups excluding carboxylic acids is 2. The van der Waals surface area contributed by atoms with Crippen molar-refractivity contribution in [1.82, 2.24) is 4.90 Å². The first-order chi connectivity index (χ1) is 15.4. The second kappa shape index (κ2) is 9.84. The lowest BCUT2D eigenvalue weighted by molar-refractivity contribution is -0.136. The van der Waals surface area contributed by atoms with Crippen molar-refractivity contribution in [3.63, 3.8) is 0 Å². The predicted molar refractivity (Wildman–Crippen MR) is 113 cm³/mol. The van der Waals surface area contributed by atoms with E-state index < -0.39 is 17.8 Å². The van der Waals surface area contributed by atoms with Crippen molar-refractivity contribution >= 4 is 23.5 Å². The van der Waals surface area contributed by atoms with E-state index in [1.165, 1.54) is 37.3 Å². The number of ether oxygens (including phenoxy) is 3. The van der Waals surface area contributed by atoms with Crippen LogP contribution in [0.2, 0.25) is 0 Å². The summed E-state index contributed by atoms with van der Waals surface area (Å²) in [4.78, 5) is 38.0. The molecule has 0 bridgehead atoms. The number of methoxy groups -OCH3 is 2. The SMILES string of the molecule is COC(=O)C1=C(Nc2ccc(Oc3ccccc3OC)cc2C(=O)O)C(=O)N(CCO)C1. The predicted octanol–water partition coefficient (Wildman–Crippen LogP) is 1.86. The molecule has 1 heterocycles. The molecule has 2 aromatic rings. The molecule has 0 unspecified atom stereocenters. The van der Waals surface area contributed by atoms with Crippen LogP contribution >= 0.6 is 0 Å². The first kappa shape index (κ1) is 22.6. The molecule has 0 saturated carbocycles. The van der Waals surface area contributed by atoms with E-state index in [9.17, 15) is 19.5 Å². The monoisotopic (exact) mass is 442 g/mol. The summed E-state index contributed by atoms with van der Waals surface area (Å²) in [6.07, 6.45) is 0. The van der Waals surface area contributed by atoms with Crippen molar-refractivity contribution in [1.29, 1.82) is 0 Å². The Kier molecular flexibility index (Phi) is 6.96. The standard InChI is InChI=1S/C22H22N2O8/c1-30-17-5-3-4-6-18(17)32-13-7-8-16(14(11-13)21(27)28)23-19-15(22(29)31-2)12-24(9-10-25)20(19)26/h3-8,11,23,25H,9-10,12H2,1-2H3,(H,27,28). The molecule has 0 aromatic heterocycles. The summed E-state index contributed by atoms with van der Waals surface area (Å²) in [5.41, 5.74) is -0.161. The van der Waals surface area contributed by atoms with Crippen LogP contribution in [0.4, 0.5) is 5.69 Å². The zero-order valence-corrected chi connectivity index (χ0v) is 17.5. The Labute approximate surface area is 183 Å². The second-order valence-electron chi connectivity index (χ2n) is 6.69. The number of aromatic carboxylic acids is 1. The van der Waals surface area contributed by atoms with Crippen LogP contribution in [0.15, 0.2) is 53.7 Å². The third kappa shape index (κ3) is 4.65. The van der Waals surface area contributed by atoms with E-state index >= 15 is 0 Å². The number of carboxylic acid groups (broad SMARTS) is 1. The highest BCUT2D eigenvalue weighted by atomic mass is 16.5. The number of benzene rings is 2. The number of aliphatic hydroxyl groups is 1. The number of para-hydroxylation sites is 2. The van der Waals surface area contributed by atoms with Gasteiger partial charge in [-0.05, 0) is 30.3 Å². The maximum atomic E-state index is 12.7. The molecule has 1 aliphatic heterocycles. The molecule has 3 rings (SSSR count). The maximum absolute atomic E-state index is 12.7. The quantitative estimate of drug-likeness (QED) is 0.497.